The van der Waals surface area contributed by atoms with Crippen LogP contribution in [0.15, 0.2) is 29.2 Å². The molecule has 1 aromatic heterocycles. The zero-order chi connectivity index (χ0) is 15.0. The Morgan fingerprint density at radius 1 is 1.29 bits per heavy atom. The summed E-state index contributed by atoms with van der Waals surface area (Å²) in [6.45, 7) is 5.66. The molecular weight excluding hydrogens is 264 g/mol. The van der Waals surface area contributed by atoms with Gasteiger partial charge >= 0.3 is 0 Å². The van der Waals surface area contributed by atoms with E-state index in [9.17, 15) is 9.59 Å². The van der Waals surface area contributed by atoms with Crippen molar-refractivity contribution in [2.45, 2.75) is 26.7 Å². The molecule has 1 aliphatic rings. The average Bonchev–Trinajstić information content (AvgIpc) is 2.47. The molecule has 1 aliphatic heterocycles. The standard InChI is InChI=1S/C17H20N2O2/c1-11-5-7-19(8-6-11)17(21)14-10-18-15-9-12(2)3-4-13(15)16(14)20/h3-4,9-11H,5-8H2,1-2H3,(H,18,20). The maximum absolute atomic E-state index is 12.5. The van der Waals surface area contributed by atoms with Crippen LogP contribution in [0.1, 0.15) is 35.7 Å². The Bertz CT molecular complexity index is 740. The number of nitrogens with one attached hydrogen (secondary N) is 1. The van der Waals surface area contributed by atoms with E-state index in [0.29, 0.717) is 11.3 Å². The number of H-pyrrole nitrogens is 1. The number of hydrogen-bond acceptors (Lipinski definition) is 2. The van der Waals surface area contributed by atoms with E-state index in [1.807, 2.05) is 19.1 Å². The normalized spacial score (nSPS) is 16.4. The van der Waals surface area contributed by atoms with Gasteiger partial charge in [0.05, 0.1) is 0 Å². The highest BCUT2D eigenvalue weighted by molar-refractivity contribution is 5.97. The van der Waals surface area contributed by atoms with Gasteiger partial charge in [-0.3, -0.25) is 9.59 Å². The molecule has 1 N–H and O–H groups in total. The lowest BCUT2D eigenvalue weighted by Gasteiger charge is -2.30. The number of aromatic amines is 1. The first-order valence-corrected chi connectivity index (χ1v) is 7.47. The number of carbonyl (C=O) groups excluding carboxylic acids is 1. The van der Waals surface area contributed by atoms with Crippen LogP contribution in [0.4, 0.5) is 0 Å². The molecule has 0 saturated carbocycles. The topological polar surface area (TPSA) is 53.2 Å². The predicted molar refractivity (Wildman–Crippen MR) is 83.6 cm³/mol. The summed E-state index contributed by atoms with van der Waals surface area (Å²) < 4.78 is 0. The van der Waals surface area contributed by atoms with Crippen LogP contribution in [0.5, 0.6) is 0 Å². The Morgan fingerprint density at radius 3 is 2.71 bits per heavy atom. The number of carbonyl (C=O) groups is 1. The van der Waals surface area contributed by atoms with Gasteiger partial charge in [0.15, 0.2) is 0 Å². The molecule has 4 nitrogen and oxygen atoms in total. The van der Waals surface area contributed by atoms with Crippen LogP contribution in [0.25, 0.3) is 10.9 Å². The minimum atomic E-state index is -0.174. The van der Waals surface area contributed by atoms with Gasteiger partial charge in [0, 0.05) is 30.2 Å². The van der Waals surface area contributed by atoms with Gasteiger partial charge in [-0.1, -0.05) is 13.0 Å². The minimum Gasteiger partial charge on any atom is -0.360 e. The van der Waals surface area contributed by atoms with Gasteiger partial charge in [0.25, 0.3) is 5.91 Å². The number of aromatic nitrogens is 1. The molecule has 1 aromatic carbocycles. The number of pyridine rings is 1. The van der Waals surface area contributed by atoms with Gasteiger partial charge in [-0.15, -0.1) is 0 Å². The lowest BCUT2D eigenvalue weighted by atomic mass is 9.98. The third kappa shape index (κ3) is 2.58. The molecular formula is C17H20N2O2. The summed E-state index contributed by atoms with van der Waals surface area (Å²) in [6.07, 6.45) is 3.58. The fraction of sp³-hybridized carbons (Fsp3) is 0.412. The van der Waals surface area contributed by atoms with Crippen molar-refractivity contribution in [3.63, 3.8) is 0 Å². The number of aryl methyl sites for hydroxylation is 1. The molecule has 3 rings (SSSR count). The van der Waals surface area contributed by atoms with E-state index in [-0.39, 0.29) is 16.9 Å². The maximum atomic E-state index is 12.5. The zero-order valence-electron chi connectivity index (χ0n) is 12.5. The monoisotopic (exact) mass is 284 g/mol. The lowest BCUT2D eigenvalue weighted by Crippen LogP contribution is -2.39. The van der Waals surface area contributed by atoms with Crippen LogP contribution in [0, 0.1) is 12.8 Å². The van der Waals surface area contributed by atoms with Crippen LogP contribution in [0.3, 0.4) is 0 Å². The van der Waals surface area contributed by atoms with E-state index in [1.54, 1.807) is 17.2 Å². The first kappa shape index (κ1) is 13.9. The highest BCUT2D eigenvalue weighted by Gasteiger charge is 2.23. The van der Waals surface area contributed by atoms with Gasteiger partial charge in [-0.05, 0) is 43.4 Å². The summed E-state index contributed by atoms with van der Waals surface area (Å²) in [5.41, 5.74) is 1.94. The first-order valence-electron chi connectivity index (χ1n) is 7.47. The molecule has 0 unspecified atom stereocenters. The van der Waals surface area contributed by atoms with Crippen molar-refractivity contribution in [1.29, 1.82) is 0 Å². The third-order valence-corrected chi connectivity index (χ3v) is 4.34. The SMILES string of the molecule is Cc1ccc2c(=O)c(C(=O)N3CCC(C)CC3)c[nH]c2c1. The zero-order valence-corrected chi connectivity index (χ0v) is 12.5. The number of amides is 1. The molecule has 0 radical (unpaired) electrons. The molecule has 0 atom stereocenters. The maximum Gasteiger partial charge on any atom is 0.259 e. The number of hydrogen-bond donors (Lipinski definition) is 1. The fourth-order valence-corrected chi connectivity index (χ4v) is 2.88. The molecule has 4 heteroatoms. The summed E-state index contributed by atoms with van der Waals surface area (Å²) in [6, 6.07) is 5.61. The van der Waals surface area contributed by atoms with Crippen molar-refractivity contribution in [2.75, 3.05) is 13.1 Å². The highest BCUT2D eigenvalue weighted by Crippen LogP contribution is 2.18. The highest BCUT2D eigenvalue weighted by atomic mass is 16.2. The number of nitrogens with zero attached hydrogens (tertiary/aromatic N) is 1. The van der Waals surface area contributed by atoms with Crippen molar-refractivity contribution >= 4 is 16.8 Å². The lowest BCUT2D eigenvalue weighted by molar-refractivity contribution is 0.0696. The van der Waals surface area contributed by atoms with E-state index in [4.69, 9.17) is 0 Å². The molecule has 1 amide bonds. The van der Waals surface area contributed by atoms with Crippen molar-refractivity contribution in [1.82, 2.24) is 9.88 Å². The molecule has 0 spiro atoms. The molecule has 0 aliphatic carbocycles. The third-order valence-electron chi connectivity index (χ3n) is 4.34. The largest absolute Gasteiger partial charge is 0.360 e. The number of likely N-dealkylation sites (tertiary alicyclic amines) is 1. The van der Waals surface area contributed by atoms with Gasteiger partial charge in [0.2, 0.25) is 5.43 Å². The summed E-state index contributed by atoms with van der Waals surface area (Å²) in [5.74, 6) is 0.512. The van der Waals surface area contributed by atoms with E-state index in [0.717, 1.165) is 37.0 Å². The Labute approximate surface area is 123 Å². The Hall–Kier alpha value is -2.10. The predicted octanol–water partition coefficient (Wildman–Crippen LogP) is 2.71. The molecule has 21 heavy (non-hydrogen) atoms. The van der Waals surface area contributed by atoms with Crippen LogP contribution in [-0.4, -0.2) is 28.9 Å². The van der Waals surface area contributed by atoms with Crippen molar-refractivity contribution < 1.29 is 4.79 Å². The summed E-state index contributed by atoms with van der Waals surface area (Å²) in [5, 5.41) is 0.580. The quantitative estimate of drug-likeness (QED) is 0.875. The fourth-order valence-electron chi connectivity index (χ4n) is 2.88. The van der Waals surface area contributed by atoms with Gasteiger partial charge in [-0.2, -0.15) is 0 Å². The van der Waals surface area contributed by atoms with Crippen LogP contribution < -0.4 is 5.43 Å². The van der Waals surface area contributed by atoms with Gasteiger partial charge in [-0.25, -0.2) is 0 Å². The Kier molecular flexibility index (Phi) is 3.53. The van der Waals surface area contributed by atoms with Gasteiger partial charge in [0.1, 0.15) is 5.56 Å². The number of benzene rings is 1. The van der Waals surface area contributed by atoms with Crippen LogP contribution in [-0.2, 0) is 0 Å². The first-order chi connectivity index (χ1) is 10.1. The van der Waals surface area contributed by atoms with E-state index in [2.05, 4.69) is 11.9 Å². The Morgan fingerprint density at radius 2 is 2.00 bits per heavy atom. The number of fused-ring (bicyclic) bond motifs is 1. The van der Waals surface area contributed by atoms with E-state index < -0.39 is 0 Å². The number of rotatable bonds is 1. The second-order valence-electron chi connectivity index (χ2n) is 6.06. The second-order valence-corrected chi connectivity index (χ2v) is 6.06. The molecule has 110 valence electrons. The molecule has 1 fully saturated rings. The summed E-state index contributed by atoms with van der Waals surface area (Å²) in [4.78, 5) is 29.9. The molecule has 1 saturated heterocycles. The minimum absolute atomic E-state index is 0.148. The number of piperidine rings is 1. The van der Waals surface area contributed by atoms with Crippen LogP contribution in [0.2, 0.25) is 0 Å². The molecule has 0 bridgehead atoms. The summed E-state index contributed by atoms with van der Waals surface area (Å²) >= 11 is 0. The van der Waals surface area contributed by atoms with Gasteiger partial charge < -0.3 is 9.88 Å². The molecule has 2 aromatic rings. The Balaban J connectivity index is 1.97. The van der Waals surface area contributed by atoms with Crippen molar-refractivity contribution in [3.05, 3.63) is 45.7 Å². The second kappa shape index (κ2) is 5.35. The van der Waals surface area contributed by atoms with E-state index >= 15 is 0 Å². The average molecular weight is 284 g/mol. The smallest absolute Gasteiger partial charge is 0.259 e. The summed E-state index contributed by atoms with van der Waals surface area (Å²) in [7, 11) is 0. The van der Waals surface area contributed by atoms with Crippen molar-refractivity contribution in [2.24, 2.45) is 5.92 Å². The van der Waals surface area contributed by atoms with Crippen molar-refractivity contribution in [3.8, 4) is 0 Å². The van der Waals surface area contributed by atoms with E-state index in [1.165, 1.54) is 0 Å². The van der Waals surface area contributed by atoms with Crippen LogP contribution >= 0.6 is 0 Å². The molecule has 2 heterocycles.